The van der Waals surface area contributed by atoms with Crippen LogP contribution in [0.15, 0.2) is 59.5 Å². The Morgan fingerprint density at radius 1 is 1.05 bits per heavy atom. The minimum atomic E-state index is 0.499. The van der Waals surface area contributed by atoms with Gasteiger partial charge in [-0.25, -0.2) is 0 Å². The fourth-order valence-electron chi connectivity index (χ4n) is 3.14. The average Bonchev–Trinajstić information content (AvgIpc) is 2.57. The van der Waals surface area contributed by atoms with E-state index in [2.05, 4.69) is 77.7 Å². The molecule has 0 saturated carbocycles. The summed E-state index contributed by atoms with van der Waals surface area (Å²) in [5.41, 5.74) is 2.84. The third kappa shape index (κ3) is 3.72. The van der Waals surface area contributed by atoms with E-state index in [1.54, 1.807) is 0 Å². The molecule has 3 rings (SSSR count). The highest BCUT2D eigenvalue weighted by atomic mass is 32.2. The van der Waals surface area contributed by atoms with Gasteiger partial charge in [-0.3, -0.25) is 9.80 Å². The maximum absolute atomic E-state index is 2.58. The summed E-state index contributed by atoms with van der Waals surface area (Å²) in [5.74, 6) is 0. The Kier molecular flexibility index (Phi) is 5.19. The Hall–Kier alpha value is -1.29. The third-order valence-electron chi connectivity index (χ3n) is 4.46. The van der Waals surface area contributed by atoms with E-state index in [4.69, 9.17) is 0 Å². The Labute approximate surface area is 138 Å². The Bertz CT molecular complexity index is 599. The summed E-state index contributed by atoms with van der Waals surface area (Å²) in [6.45, 7) is 4.42. The van der Waals surface area contributed by atoms with Crippen molar-refractivity contribution in [3.63, 3.8) is 0 Å². The molecule has 116 valence electrons. The Morgan fingerprint density at radius 2 is 1.86 bits per heavy atom. The predicted molar refractivity (Wildman–Crippen MR) is 95.3 cm³/mol. The molecule has 3 heteroatoms. The van der Waals surface area contributed by atoms with Gasteiger partial charge in [0.15, 0.2) is 0 Å². The fourth-order valence-corrected chi connectivity index (χ4v) is 3.62. The fraction of sp³-hybridized carbons (Fsp3) is 0.368. The number of hydrogen-bond donors (Lipinski definition) is 0. The molecular weight excluding hydrogens is 288 g/mol. The smallest absolute Gasteiger partial charge is 0.0472 e. The highest BCUT2D eigenvalue weighted by Crippen LogP contribution is 2.25. The zero-order valence-electron chi connectivity index (χ0n) is 13.4. The summed E-state index contributed by atoms with van der Waals surface area (Å²) in [6, 6.07) is 20.3. The largest absolute Gasteiger partial charge is 0.297 e. The van der Waals surface area contributed by atoms with Crippen molar-refractivity contribution in [1.82, 2.24) is 9.80 Å². The number of nitrogens with zero attached hydrogens (tertiary/aromatic N) is 2. The van der Waals surface area contributed by atoms with Gasteiger partial charge >= 0.3 is 0 Å². The van der Waals surface area contributed by atoms with Crippen molar-refractivity contribution >= 4 is 11.8 Å². The second-order valence-electron chi connectivity index (χ2n) is 5.99. The van der Waals surface area contributed by atoms with Crippen LogP contribution < -0.4 is 0 Å². The lowest BCUT2D eigenvalue weighted by Crippen LogP contribution is -2.46. The molecule has 0 spiro atoms. The monoisotopic (exact) mass is 312 g/mol. The van der Waals surface area contributed by atoms with Crippen LogP contribution in [0, 0.1) is 0 Å². The summed E-state index contributed by atoms with van der Waals surface area (Å²) in [7, 11) is 2.24. The van der Waals surface area contributed by atoms with E-state index in [-0.39, 0.29) is 0 Å². The van der Waals surface area contributed by atoms with Crippen molar-refractivity contribution in [3.05, 3.63) is 65.7 Å². The van der Waals surface area contributed by atoms with Crippen molar-refractivity contribution in [1.29, 1.82) is 0 Å². The van der Waals surface area contributed by atoms with Gasteiger partial charge in [-0.05, 0) is 36.6 Å². The molecule has 0 bridgehead atoms. The summed E-state index contributed by atoms with van der Waals surface area (Å²) in [4.78, 5) is 6.41. The van der Waals surface area contributed by atoms with Gasteiger partial charge in [0.2, 0.25) is 0 Å². The molecule has 1 aliphatic heterocycles. The predicted octanol–water partition coefficient (Wildman–Crippen LogP) is 3.90. The minimum absolute atomic E-state index is 0.499. The van der Waals surface area contributed by atoms with Crippen molar-refractivity contribution in [2.45, 2.75) is 17.5 Å². The molecule has 0 unspecified atom stereocenters. The standard InChI is InChI=1S/C19H24N2S/c1-20-11-12-21(14-16-7-6-10-18(13-16)22-2)15-19(20)17-8-4-3-5-9-17/h3-10,13,19H,11-12,14-15H2,1-2H3/t19-/m1/s1. The molecule has 22 heavy (non-hydrogen) atoms. The van der Waals surface area contributed by atoms with E-state index in [9.17, 15) is 0 Å². The van der Waals surface area contributed by atoms with Crippen LogP contribution in [0.5, 0.6) is 0 Å². The van der Waals surface area contributed by atoms with Crippen LogP contribution in [0.1, 0.15) is 17.2 Å². The van der Waals surface area contributed by atoms with Crippen molar-refractivity contribution < 1.29 is 0 Å². The number of hydrogen-bond acceptors (Lipinski definition) is 3. The normalized spacial score (nSPS) is 20.2. The van der Waals surface area contributed by atoms with Crippen LogP contribution in [0.25, 0.3) is 0 Å². The maximum atomic E-state index is 2.58. The SMILES string of the molecule is CSc1cccc(CN2CCN(C)[C@@H](c3ccccc3)C2)c1. The molecule has 0 N–H and O–H groups in total. The molecule has 2 aromatic carbocycles. The molecule has 0 aliphatic carbocycles. The average molecular weight is 312 g/mol. The van der Waals surface area contributed by atoms with Gasteiger partial charge in [0.1, 0.15) is 0 Å². The lowest BCUT2D eigenvalue weighted by molar-refractivity contribution is 0.0904. The highest BCUT2D eigenvalue weighted by molar-refractivity contribution is 7.98. The second kappa shape index (κ2) is 7.32. The van der Waals surface area contributed by atoms with Gasteiger partial charge in [0.25, 0.3) is 0 Å². The van der Waals surface area contributed by atoms with Crippen LogP contribution in [0.2, 0.25) is 0 Å². The van der Waals surface area contributed by atoms with Crippen LogP contribution in [0.4, 0.5) is 0 Å². The van der Waals surface area contributed by atoms with Crippen LogP contribution in [-0.2, 0) is 6.54 Å². The number of likely N-dealkylation sites (N-methyl/N-ethyl adjacent to an activating group) is 1. The van der Waals surface area contributed by atoms with E-state index in [0.29, 0.717) is 6.04 Å². The second-order valence-corrected chi connectivity index (χ2v) is 6.87. The lowest BCUT2D eigenvalue weighted by Gasteiger charge is -2.39. The van der Waals surface area contributed by atoms with E-state index in [1.807, 2.05) is 11.8 Å². The molecule has 1 heterocycles. The zero-order chi connectivity index (χ0) is 15.4. The molecular formula is C19H24N2S. The van der Waals surface area contributed by atoms with Crippen LogP contribution in [-0.4, -0.2) is 42.7 Å². The first kappa shape index (κ1) is 15.6. The van der Waals surface area contributed by atoms with Gasteiger partial charge in [-0.1, -0.05) is 42.5 Å². The molecule has 0 radical (unpaired) electrons. The van der Waals surface area contributed by atoms with E-state index < -0.39 is 0 Å². The number of thioether (sulfide) groups is 1. The molecule has 1 atom stereocenters. The molecule has 2 aromatic rings. The van der Waals surface area contributed by atoms with Gasteiger partial charge in [0.05, 0.1) is 0 Å². The Balaban J connectivity index is 1.70. The first-order valence-corrected chi connectivity index (χ1v) is 9.09. The van der Waals surface area contributed by atoms with Crippen molar-refractivity contribution in [2.24, 2.45) is 0 Å². The zero-order valence-corrected chi connectivity index (χ0v) is 14.2. The number of rotatable bonds is 4. The van der Waals surface area contributed by atoms with E-state index in [1.165, 1.54) is 16.0 Å². The molecule has 0 aromatic heterocycles. The number of piperazine rings is 1. The van der Waals surface area contributed by atoms with Gasteiger partial charge in [-0.2, -0.15) is 0 Å². The molecule has 1 saturated heterocycles. The van der Waals surface area contributed by atoms with E-state index >= 15 is 0 Å². The topological polar surface area (TPSA) is 6.48 Å². The van der Waals surface area contributed by atoms with Crippen LogP contribution in [0.3, 0.4) is 0 Å². The van der Waals surface area contributed by atoms with Gasteiger partial charge in [-0.15, -0.1) is 11.8 Å². The summed E-state index contributed by atoms with van der Waals surface area (Å²) in [6.07, 6.45) is 2.14. The quantitative estimate of drug-likeness (QED) is 0.791. The first-order valence-electron chi connectivity index (χ1n) is 7.87. The summed E-state index contributed by atoms with van der Waals surface area (Å²) < 4.78 is 0. The summed E-state index contributed by atoms with van der Waals surface area (Å²) in [5, 5.41) is 0. The van der Waals surface area contributed by atoms with Crippen molar-refractivity contribution in [2.75, 3.05) is 32.9 Å². The molecule has 1 aliphatic rings. The maximum Gasteiger partial charge on any atom is 0.0472 e. The van der Waals surface area contributed by atoms with Crippen LogP contribution >= 0.6 is 11.8 Å². The van der Waals surface area contributed by atoms with E-state index in [0.717, 1.165) is 26.2 Å². The number of benzene rings is 2. The molecule has 1 fully saturated rings. The van der Waals surface area contributed by atoms with Crippen molar-refractivity contribution in [3.8, 4) is 0 Å². The lowest BCUT2D eigenvalue weighted by atomic mass is 10.0. The summed E-state index contributed by atoms with van der Waals surface area (Å²) >= 11 is 1.82. The van der Waals surface area contributed by atoms with Gasteiger partial charge in [0, 0.05) is 37.1 Å². The Morgan fingerprint density at radius 3 is 2.64 bits per heavy atom. The molecule has 0 amide bonds. The minimum Gasteiger partial charge on any atom is -0.297 e. The van der Waals surface area contributed by atoms with Gasteiger partial charge < -0.3 is 0 Å². The highest BCUT2D eigenvalue weighted by Gasteiger charge is 2.25. The first-order chi connectivity index (χ1) is 10.8. The third-order valence-corrected chi connectivity index (χ3v) is 5.18. The molecule has 2 nitrogen and oxygen atoms in total.